The SMILES string of the molecule is Cc1cc(F)c(C(=O)O)cc1C(C)C(=O)O. The monoisotopic (exact) mass is 226 g/mol. The maximum absolute atomic E-state index is 13.2. The summed E-state index contributed by atoms with van der Waals surface area (Å²) in [5.74, 6) is -4.20. The van der Waals surface area contributed by atoms with Crippen LogP contribution in [-0.2, 0) is 4.79 Å². The Hall–Kier alpha value is -1.91. The van der Waals surface area contributed by atoms with Gasteiger partial charge in [0.1, 0.15) is 5.82 Å². The summed E-state index contributed by atoms with van der Waals surface area (Å²) in [7, 11) is 0. The van der Waals surface area contributed by atoms with E-state index in [0.29, 0.717) is 11.1 Å². The minimum atomic E-state index is -1.41. The molecule has 5 heteroatoms. The van der Waals surface area contributed by atoms with Gasteiger partial charge in [0.25, 0.3) is 0 Å². The van der Waals surface area contributed by atoms with Gasteiger partial charge < -0.3 is 10.2 Å². The third-order valence-corrected chi connectivity index (χ3v) is 2.42. The molecule has 86 valence electrons. The average Bonchev–Trinajstić information content (AvgIpc) is 2.16. The Balaban J connectivity index is 3.35. The molecule has 0 aliphatic heterocycles. The number of hydrogen-bond donors (Lipinski definition) is 2. The summed E-state index contributed by atoms with van der Waals surface area (Å²) in [4.78, 5) is 21.5. The number of hydrogen-bond acceptors (Lipinski definition) is 2. The molecule has 0 heterocycles. The van der Waals surface area contributed by atoms with Crippen LogP contribution in [0, 0.1) is 12.7 Å². The number of benzene rings is 1. The Morgan fingerprint density at radius 1 is 1.31 bits per heavy atom. The minimum absolute atomic E-state index is 0.311. The average molecular weight is 226 g/mol. The molecule has 0 amide bonds. The normalized spacial score (nSPS) is 12.2. The molecule has 0 bridgehead atoms. The zero-order valence-electron chi connectivity index (χ0n) is 8.82. The van der Waals surface area contributed by atoms with Crippen LogP contribution in [0.25, 0.3) is 0 Å². The molecule has 4 nitrogen and oxygen atoms in total. The number of aromatic carboxylic acids is 1. The molecule has 0 aromatic heterocycles. The number of carboxylic acid groups (broad SMARTS) is 2. The van der Waals surface area contributed by atoms with E-state index in [-0.39, 0.29) is 0 Å². The smallest absolute Gasteiger partial charge is 0.338 e. The maximum Gasteiger partial charge on any atom is 0.338 e. The second kappa shape index (κ2) is 4.30. The van der Waals surface area contributed by atoms with Crippen molar-refractivity contribution in [2.45, 2.75) is 19.8 Å². The fourth-order valence-electron chi connectivity index (χ4n) is 1.45. The number of carbonyl (C=O) groups is 2. The zero-order chi connectivity index (χ0) is 12.5. The van der Waals surface area contributed by atoms with Gasteiger partial charge in [0.05, 0.1) is 11.5 Å². The van der Waals surface area contributed by atoms with Crippen LogP contribution >= 0.6 is 0 Å². The molecule has 1 aromatic rings. The van der Waals surface area contributed by atoms with Gasteiger partial charge in [-0.1, -0.05) is 0 Å². The highest BCUT2D eigenvalue weighted by Gasteiger charge is 2.20. The van der Waals surface area contributed by atoms with Gasteiger partial charge in [-0.05, 0) is 37.1 Å². The highest BCUT2D eigenvalue weighted by molar-refractivity contribution is 5.89. The molecule has 0 radical (unpaired) electrons. The van der Waals surface area contributed by atoms with Crippen molar-refractivity contribution in [3.05, 3.63) is 34.6 Å². The molecular formula is C11H11FO4. The number of aryl methyl sites for hydroxylation is 1. The number of carboxylic acids is 2. The Morgan fingerprint density at radius 3 is 2.31 bits per heavy atom. The molecule has 0 saturated heterocycles. The second-order valence-corrected chi connectivity index (χ2v) is 3.55. The van der Waals surface area contributed by atoms with Gasteiger partial charge in [-0.2, -0.15) is 0 Å². The van der Waals surface area contributed by atoms with Gasteiger partial charge in [-0.3, -0.25) is 4.79 Å². The Labute approximate surface area is 91.3 Å². The first-order valence-corrected chi connectivity index (χ1v) is 4.60. The number of halogens is 1. The highest BCUT2D eigenvalue weighted by Crippen LogP contribution is 2.23. The van der Waals surface area contributed by atoms with Crippen LogP contribution in [-0.4, -0.2) is 22.2 Å². The third kappa shape index (κ3) is 2.18. The molecule has 1 atom stereocenters. The van der Waals surface area contributed by atoms with Gasteiger partial charge in [-0.25, -0.2) is 9.18 Å². The molecular weight excluding hydrogens is 215 g/mol. The van der Waals surface area contributed by atoms with E-state index in [1.165, 1.54) is 6.92 Å². The standard InChI is InChI=1S/C11H11FO4/c1-5-3-9(12)8(11(15)16)4-7(5)6(2)10(13)14/h3-4,6H,1-2H3,(H,13,14)(H,15,16). The molecule has 16 heavy (non-hydrogen) atoms. The lowest BCUT2D eigenvalue weighted by Crippen LogP contribution is -2.11. The Morgan fingerprint density at radius 2 is 1.88 bits per heavy atom. The summed E-state index contributed by atoms with van der Waals surface area (Å²) in [6.45, 7) is 2.97. The lowest BCUT2D eigenvalue weighted by molar-refractivity contribution is -0.138. The predicted molar refractivity (Wildman–Crippen MR) is 54.1 cm³/mol. The van der Waals surface area contributed by atoms with Crippen molar-refractivity contribution >= 4 is 11.9 Å². The van der Waals surface area contributed by atoms with Gasteiger partial charge in [-0.15, -0.1) is 0 Å². The predicted octanol–water partition coefficient (Wildman–Crippen LogP) is 2.02. The van der Waals surface area contributed by atoms with Crippen LogP contribution in [0.3, 0.4) is 0 Å². The van der Waals surface area contributed by atoms with Crippen molar-refractivity contribution in [3.63, 3.8) is 0 Å². The summed E-state index contributed by atoms with van der Waals surface area (Å²) < 4.78 is 13.2. The lowest BCUT2D eigenvalue weighted by atomic mass is 9.94. The van der Waals surface area contributed by atoms with Gasteiger partial charge >= 0.3 is 11.9 Å². The first kappa shape index (κ1) is 12.2. The van der Waals surface area contributed by atoms with Crippen LogP contribution in [0.15, 0.2) is 12.1 Å². The molecule has 1 unspecified atom stereocenters. The van der Waals surface area contributed by atoms with E-state index in [2.05, 4.69) is 0 Å². The van der Waals surface area contributed by atoms with Crippen LogP contribution in [0.1, 0.15) is 34.3 Å². The molecule has 0 aliphatic carbocycles. The van der Waals surface area contributed by atoms with Crippen molar-refractivity contribution in [1.82, 2.24) is 0 Å². The van der Waals surface area contributed by atoms with Crippen molar-refractivity contribution in [3.8, 4) is 0 Å². The molecule has 1 aromatic carbocycles. The van der Waals surface area contributed by atoms with Crippen LogP contribution in [0.4, 0.5) is 4.39 Å². The summed E-state index contributed by atoms with van der Waals surface area (Å²) >= 11 is 0. The van der Waals surface area contributed by atoms with Crippen LogP contribution in [0.2, 0.25) is 0 Å². The third-order valence-electron chi connectivity index (χ3n) is 2.42. The number of rotatable bonds is 3. The van der Waals surface area contributed by atoms with Crippen molar-refractivity contribution in [2.75, 3.05) is 0 Å². The van der Waals surface area contributed by atoms with Gasteiger partial charge in [0.2, 0.25) is 0 Å². The van der Waals surface area contributed by atoms with Gasteiger partial charge in [0, 0.05) is 0 Å². The number of aliphatic carboxylic acids is 1. The molecule has 1 rings (SSSR count). The van der Waals surface area contributed by atoms with Crippen molar-refractivity contribution in [1.29, 1.82) is 0 Å². The summed E-state index contributed by atoms with van der Waals surface area (Å²) in [5, 5.41) is 17.5. The fourth-order valence-corrected chi connectivity index (χ4v) is 1.45. The first-order chi connectivity index (χ1) is 7.34. The lowest BCUT2D eigenvalue weighted by Gasteiger charge is -2.11. The minimum Gasteiger partial charge on any atom is -0.481 e. The van der Waals surface area contributed by atoms with Crippen molar-refractivity contribution < 1.29 is 24.2 Å². The Kier molecular flexibility index (Phi) is 3.27. The van der Waals surface area contributed by atoms with E-state index < -0.39 is 29.2 Å². The molecule has 0 aliphatic rings. The maximum atomic E-state index is 13.2. The first-order valence-electron chi connectivity index (χ1n) is 4.60. The van der Waals surface area contributed by atoms with E-state index in [9.17, 15) is 14.0 Å². The molecule has 2 N–H and O–H groups in total. The zero-order valence-corrected chi connectivity index (χ0v) is 8.82. The van der Waals surface area contributed by atoms with Crippen molar-refractivity contribution in [2.24, 2.45) is 0 Å². The van der Waals surface area contributed by atoms with Gasteiger partial charge in [0.15, 0.2) is 0 Å². The summed E-state index contributed by atoms with van der Waals surface area (Å²) in [6.07, 6.45) is 0. The second-order valence-electron chi connectivity index (χ2n) is 3.55. The summed E-state index contributed by atoms with van der Waals surface area (Å²) in [6, 6.07) is 2.12. The highest BCUT2D eigenvalue weighted by atomic mass is 19.1. The quantitative estimate of drug-likeness (QED) is 0.826. The largest absolute Gasteiger partial charge is 0.481 e. The van der Waals surface area contributed by atoms with Crippen LogP contribution in [0.5, 0.6) is 0 Å². The van der Waals surface area contributed by atoms with E-state index in [1.54, 1.807) is 6.92 Å². The topological polar surface area (TPSA) is 74.6 Å². The van der Waals surface area contributed by atoms with Crippen LogP contribution < -0.4 is 0 Å². The Bertz CT molecular complexity index is 454. The summed E-state index contributed by atoms with van der Waals surface area (Å²) in [5.41, 5.74) is 0.234. The van der Waals surface area contributed by atoms with E-state index >= 15 is 0 Å². The van der Waals surface area contributed by atoms with E-state index in [4.69, 9.17) is 10.2 Å². The molecule has 0 saturated carbocycles. The van der Waals surface area contributed by atoms with E-state index in [1.807, 2.05) is 0 Å². The molecule has 0 spiro atoms. The fraction of sp³-hybridized carbons (Fsp3) is 0.273. The molecule has 0 fully saturated rings. The van der Waals surface area contributed by atoms with E-state index in [0.717, 1.165) is 12.1 Å².